The SMILES string of the molecule is Brc1cnc(NSI)cn1. The minimum absolute atomic E-state index is 0.747. The zero-order valence-corrected chi connectivity index (χ0v) is 9.27. The molecule has 0 atom stereocenters. The van der Waals surface area contributed by atoms with Gasteiger partial charge in [-0.25, -0.2) is 9.97 Å². The maximum Gasteiger partial charge on any atom is 0.155 e. The number of rotatable bonds is 2. The maximum atomic E-state index is 4.02. The van der Waals surface area contributed by atoms with Crippen molar-refractivity contribution in [2.24, 2.45) is 0 Å². The second-order valence-corrected chi connectivity index (χ2v) is 3.90. The van der Waals surface area contributed by atoms with Crippen LogP contribution in [-0.2, 0) is 0 Å². The third-order valence-corrected chi connectivity index (χ3v) is 2.12. The summed E-state index contributed by atoms with van der Waals surface area (Å²) >= 11 is 5.31. The Morgan fingerprint density at radius 3 is 2.80 bits per heavy atom. The predicted molar refractivity (Wildman–Crippen MR) is 55.0 cm³/mol. The van der Waals surface area contributed by atoms with Crippen LogP contribution in [0.1, 0.15) is 0 Å². The summed E-state index contributed by atoms with van der Waals surface area (Å²) in [6.07, 6.45) is 3.31. The van der Waals surface area contributed by atoms with E-state index in [4.69, 9.17) is 0 Å². The number of aromatic nitrogens is 2. The van der Waals surface area contributed by atoms with E-state index in [0.717, 1.165) is 10.4 Å². The van der Waals surface area contributed by atoms with Crippen LogP contribution in [0.15, 0.2) is 17.0 Å². The van der Waals surface area contributed by atoms with Gasteiger partial charge in [0.05, 0.1) is 12.4 Å². The molecule has 0 aliphatic rings. The van der Waals surface area contributed by atoms with Gasteiger partial charge >= 0.3 is 0 Å². The number of nitrogens with one attached hydrogen (secondary N) is 1. The molecule has 1 heterocycles. The van der Waals surface area contributed by atoms with Crippen LogP contribution in [-0.4, -0.2) is 9.97 Å². The Labute approximate surface area is 83.3 Å². The highest BCUT2D eigenvalue weighted by Crippen LogP contribution is 2.14. The van der Waals surface area contributed by atoms with E-state index >= 15 is 0 Å². The number of hydrogen-bond donors (Lipinski definition) is 1. The predicted octanol–water partition coefficient (Wildman–Crippen LogP) is 2.65. The molecule has 1 aromatic rings. The van der Waals surface area contributed by atoms with Gasteiger partial charge < -0.3 is 4.72 Å². The Morgan fingerprint density at radius 1 is 1.50 bits per heavy atom. The molecule has 0 aliphatic heterocycles. The van der Waals surface area contributed by atoms with Crippen LogP contribution >= 0.6 is 46.3 Å². The van der Waals surface area contributed by atoms with Gasteiger partial charge in [0.2, 0.25) is 0 Å². The van der Waals surface area contributed by atoms with E-state index in [-0.39, 0.29) is 0 Å². The van der Waals surface area contributed by atoms with E-state index in [0.29, 0.717) is 0 Å². The first kappa shape index (κ1) is 8.54. The Balaban J connectivity index is 2.69. The smallest absolute Gasteiger partial charge is 0.155 e. The zero-order valence-electron chi connectivity index (χ0n) is 4.71. The minimum Gasteiger partial charge on any atom is -0.304 e. The molecular weight excluding hydrogens is 329 g/mol. The molecule has 0 radical (unpaired) electrons. The molecule has 0 saturated heterocycles. The molecule has 0 saturated carbocycles. The second-order valence-electron chi connectivity index (χ2n) is 1.40. The quantitative estimate of drug-likeness (QED) is 0.668. The molecule has 0 aliphatic carbocycles. The molecule has 0 spiro atoms. The Bertz CT molecular complexity index is 204. The van der Waals surface area contributed by atoms with Crippen LogP contribution in [0.5, 0.6) is 0 Å². The minimum atomic E-state index is 0.747. The van der Waals surface area contributed by atoms with Crippen molar-refractivity contribution in [1.82, 2.24) is 9.97 Å². The average Bonchev–Trinajstić information content (AvgIpc) is 1.95. The van der Waals surface area contributed by atoms with Gasteiger partial charge in [0.1, 0.15) is 4.60 Å². The van der Waals surface area contributed by atoms with E-state index in [2.05, 4.69) is 51.8 Å². The summed E-state index contributed by atoms with van der Waals surface area (Å²) in [5, 5.41) is 0. The highest BCUT2D eigenvalue weighted by atomic mass is 127. The number of anilines is 1. The Hall–Kier alpha value is 0.440. The van der Waals surface area contributed by atoms with Crippen molar-refractivity contribution in [3.8, 4) is 0 Å². The summed E-state index contributed by atoms with van der Waals surface area (Å²) in [5.74, 6) is 0.766. The lowest BCUT2D eigenvalue weighted by atomic mass is 10.7. The van der Waals surface area contributed by atoms with Gasteiger partial charge in [0.25, 0.3) is 0 Å². The van der Waals surface area contributed by atoms with E-state index in [1.807, 2.05) is 0 Å². The third kappa shape index (κ3) is 2.59. The fraction of sp³-hybridized carbons (Fsp3) is 0. The Kier molecular flexibility index (Phi) is 3.71. The van der Waals surface area contributed by atoms with Crippen LogP contribution in [0, 0.1) is 0 Å². The average molecular weight is 332 g/mol. The fourth-order valence-corrected chi connectivity index (χ4v) is 1.47. The van der Waals surface area contributed by atoms with Crippen LogP contribution in [0.3, 0.4) is 0 Å². The normalized spacial score (nSPS) is 9.40. The molecule has 0 aromatic carbocycles. The highest BCUT2D eigenvalue weighted by molar-refractivity contribution is 14.2. The van der Waals surface area contributed by atoms with E-state index in [1.165, 1.54) is 9.12 Å². The molecule has 0 unspecified atom stereocenters. The fourth-order valence-electron chi connectivity index (χ4n) is 0.405. The lowest BCUT2D eigenvalue weighted by molar-refractivity contribution is 1.18. The van der Waals surface area contributed by atoms with Crippen LogP contribution < -0.4 is 4.72 Å². The summed E-state index contributed by atoms with van der Waals surface area (Å²) in [4.78, 5) is 7.99. The summed E-state index contributed by atoms with van der Waals surface area (Å²) < 4.78 is 3.69. The first-order chi connectivity index (χ1) is 4.83. The first-order valence-corrected chi connectivity index (χ1v) is 6.49. The van der Waals surface area contributed by atoms with Crippen LogP contribution in [0.4, 0.5) is 5.82 Å². The molecule has 54 valence electrons. The molecule has 0 amide bonds. The molecule has 6 heteroatoms. The van der Waals surface area contributed by atoms with Gasteiger partial charge in [-0.1, -0.05) is 0 Å². The summed E-state index contributed by atoms with van der Waals surface area (Å²) in [6, 6.07) is 0. The van der Waals surface area contributed by atoms with Gasteiger partial charge in [0, 0.05) is 30.3 Å². The van der Waals surface area contributed by atoms with Gasteiger partial charge in [-0.15, -0.1) is 0 Å². The first-order valence-electron chi connectivity index (χ1n) is 2.34. The van der Waals surface area contributed by atoms with Gasteiger partial charge in [-0.3, -0.25) is 0 Å². The van der Waals surface area contributed by atoms with Crippen molar-refractivity contribution in [2.75, 3.05) is 4.72 Å². The second kappa shape index (κ2) is 4.35. The summed E-state index contributed by atoms with van der Waals surface area (Å²) in [7, 11) is 1.46. The van der Waals surface area contributed by atoms with E-state index < -0.39 is 0 Å². The third-order valence-electron chi connectivity index (χ3n) is 0.763. The van der Waals surface area contributed by atoms with Crippen molar-refractivity contribution >= 4 is 52.1 Å². The van der Waals surface area contributed by atoms with E-state index in [9.17, 15) is 0 Å². The molecule has 1 rings (SSSR count). The zero-order chi connectivity index (χ0) is 7.40. The summed E-state index contributed by atoms with van der Waals surface area (Å²) in [6.45, 7) is 0. The maximum absolute atomic E-state index is 4.02. The Morgan fingerprint density at radius 2 is 2.30 bits per heavy atom. The van der Waals surface area contributed by atoms with E-state index in [1.54, 1.807) is 12.4 Å². The van der Waals surface area contributed by atoms with Crippen molar-refractivity contribution in [3.63, 3.8) is 0 Å². The van der Waals surface area contributed by atoms with Crippen molar-refractivity contribution in [2.45, 2.75) is 0 Å². The molecule has 1 aromatic heterocycles. The molecule has 10 heavy (non-hydrogen) atoms. The van der Waals surface area contributed by atoms with Gasteiger partial charge in [0.15, 0.2) is 5.82 Å². The largest absolute Gasteiger partial charge is 0.304 e. The number of hydrogen-bond acceptors (Lipinski definition) is 4. The molecular formula is C4H3BrIN3S. The van der Waals surface area contributed by atoms with Crippen LogP contribution in [0.2, 0.25) is 0 Å². The van der Waals surface area contributed by atoms with Crippen molar-refractivity contribution < 1.29 is 0 Å². The molecule has 0 bridgehead atoms. The highest BCUT2D eigenvalue weighted by Gasteiger charge is 1.91. The number of halogens is 2. The van der Waals surface area contributed by atoms with Crippen molar-refractivity contribution in [1.29, 1.82) is 0 Å². The molecule has 0 fully saturated rings. The summed E-state index contributed by atoms with van der Waals surface area (Å²) in [5.41, 5.74) is 0. The lowest BCUT2D eigenvalue weighted by Crippen LogP contribution is -1.87. The van der Waals surface area contributed by atoms with Crippen molar-refractivity contribution in [3.05, 3.63) is 17.0 Å². The standard InChI is InChI=1S/C4H3BrIN3S/c5-3-1-8-4(2-7-3)9-10-6/h1-2H,(H,8,9). The topological polar surface area (TPSA) is 37.8 Å². The number of nitrogens with zero attached hydrogens (tertiary/aromatic N) is 2. The van der Waals surface area contributed by atoms with Crippen LogP contribution in [0.25, 0.3) is 0 Å². The monoisotopic (exact) mass is 331 g/mol. The lowest BCUT2D eigenvalue weighted by Gasteiger charge is -1.96. The molecule has 3 nitrogen and oxygen atoms in total. The van der Waals surface area contributed by atoms with Gasteiger partial charge in [-0.05, 0) is 15.9 Å². The molecule has 1 N–H and O–H groups in total. The van der Waals surface area contributed by atoms with Gasteiger partial charge in [-0.2, -0.15) is 0 Å².